The number of piperidine rings is 1. The third-order valence-corrected chi connectivity index (χ3v) is 9.41. The number of pyridine rings is 1. The highest BCUT2D eigenvalue weighted by Crippen LogP contribution is 2.51. The van der Waals surface area contributed by atoms with Crippen molar-refractivity contribution >= 4 is 30.2 Å². The molecule has 12 heteroatoms. The van der Waals surface area contributed by atoms with Crippen molar-refractivity contribution in [2.24, 2.45) is 5.92 Å². The number of hydrogen-bond acceptors (Lipinski definition) is 9. The van der Waals surface area contributed by atoms with Gasteiger partial charge < -0.3 is 23.8 Å². The largest absolute Gasteiger partial charge is 0.480 e. The molecule has 0 amide bonds. The molecule has 0 saturated carbocycles. The average molecular weight is 607 g/mol. The molecule has 1 aliphatic heterocycles. The van der Waals surface area contributed by atoms with Crippen LogP contribution in [0, 0.1) is 5.92 Å². The molecule has 2 aromatic carbocycles. The number of aromatic nitrogens is 3. The van der Waals surface area contributed by atoms with E-state index in [0.29, 0.717) is 29.7 Å². The van der Waals surface area contributed by atoms with Gasteiger partial charge in [0.15, 0.2) is 0 Å². The fraction of sp³-hybridized carbons (Fsp3) is 0.355. The number of rotatable bonds is 13. The Balaban J connectivity index is 1.23. The molecule has 11 nitrogen and oxygen atoms in total. The summed E-state index contributed by atoms with van der Waals surface area (Å²) >= 11 is 0. The van der Waals surface area contributed by atoms with Crippen molar-refractivity contribution in [1.29, 1.82) is 0 Å². The molecule has 0 aliphatic carbocycles. The molecule has 4 aromatic rings. The number of ether oxygens (including phenoxy) is 1. The van der Waals surface area contributed by atoms with Crippen LogP contribution in [0.4, 0.5) is 5.82 Å². The Bertz CT molecular complexity index is 1590. The first-order valence-electron chi connectivity index (χ1n) is 14.2. The van der Waals surface area contributed by atoms with Crippen LogP contribution in [0.3, 0.4) is 0 Å². The number of benzene rings is 2. The number of carboxylic acids is 1. The number of hydrogen-bond donors (Lipinski definition) is 1. The van der Waals surface area contributed by atoms with Crippen LogP contribution in [0.1, 0.15) is 30.4 Å². The summed E-state index contributed by atoms with van der Waals surface area (Å²) in [4.78, 5) is 30.6. The Morgan fingerprint density at radius 3 is 2.16 bits per heavy atom. The molecule has 0 radical (unpaired) electrons. The van der Waals surface area contributed by atoms with E-state index in [0.717, 1.165) is 41.7 Å². The number of carboxylic acid groups (broad SMARTS) is 1. The van der Waals surface area contributed by atoms with E-state index in [1.807, 2.05) is 60.7 Å². The quantitative estimate of drug-likeness (QED) is 0.205. The third-order valence-electron chi connectivity index (χ3n) is 7.56. The molecule has 5 rings (SSSR count). The maximum atomic E-state index is 13.8. The number of anilines is 1. The van der Waals surface area contributed by atoms with Crippen molar-refractivity contribution in [1.82, 2.24) is 14.8 Å². The highest BCUT2D eigenvalue weighted by molar-refractivity contribution is 7.53. The van der Waals surface area contributed by atoms with E-state index >= 15 is 0 Å². The van der Waals surface area contributed by atoms with Gasteiger partial charge in [-0.2, -0.15) is 10.1 Å². The van der Waals surface area contributed by atoms with Crippen LogP contribution in [0.2, 0.25) is 0 Å². The number of nitrogens with zero attached hydrogens (tertiary/aromatic N) is 4. The summed E-state index contributed by atoms with van der Waals surface area (Å²) in [5, 5.41) is 13.8. The highest BCUT2D eigenvalue weighted by Gasteiger charge is 2.29. The lowest BCUT2D eigenvalue weighted by Crippen LogP contribution is -2.34. The maximum absolute atomic E-state index is 13.8. The zero-order valence-electron chi connectivity index (χ0n) is 24.0. The van der Waals surface area contributed by atoms with E-state index in [2.05, 4.69) is 15.0 Å². The van der Waals surface area contributed by atoms with Gasteiger partial charge in [0.05, 0.1) is 32.7 Å². The van der Waals surface area contributed by atoms with Gasteiger partial charge in [-0.3, -0.25) is 14.2 Å². The normalized spacial score (nSPS) is 14.2. The zero-order chi connectivity index (χ0) is 30.2. The van der Waals surface area contributed by atoms with Crippen molar-refractivity contribution in [3.8, 4) is 5.88 Å². The molecule has 226 valence electrons. The van der Waals surface area contributed by atoms with Crippen molar-refractivity contribution in [3.63, 3.8) is 0 Å². The molecule has 0 atom stereocenters. The summed E-state index contributed by atoms with van der Waals surface area (Å²) in [5.74, 6) is -0.0454. The monoisotopic (exact) mass is 606 g/mol. The number of carbonyl (C=O) groups is 1. The molecule has 3 heterocycles. The average Bonchev–Trinajstić information content (AvgIpc) is 3.04. The first kappa shape index (κ1) is 30.4. The van der Waals surface area contributed by atoms with Gasteiger partial charge >= 0.3 is 13.6 Å². The second-order valence-corrected chi connectivity index (χ2v) is 12.7. The molecule has 1 N–H and O–H groups in total. The van der Waals surface area contributed by atoms with Gasteiger partial charge in [-0.25, -0.2) is 4.68 Å². The third kappa shape index (κ3) is 7.87. The van der Waals surface area contributed by atoms with E-state index < -0.39 is 25.7 Å². The molecule has 0 spiro atoms. The van der Waals surface area contributed by atoms with Crippen LogP contribution >= 0.6 is 7.60 Å². The molecule has 1 saturated heterocycles. The van der Waals surface area contributed by atoms with E-state index in [1.54, 1.807) is 6.07 Å². The van der Waals surface area contributed by atoms with Gasteiger partial charge in [-0.15, -0.1) is 0 Å². The molecule has 1 aliphatic rings. The van der Waals surface area contributed by atoms with Crippen molar-refractivity contribution in [3.05, 3.63) is 94.4 Å². The summed E-state index contributed by atoms with van der Waals surface area (Å²) in [6.07, 6.45) is 4.21. The van der Waals surface area contributed by atoms with Crippen molar-refractivity contribution < 1.29 is 28.3 Å². The summed E-state index contributed by atoms with van der Waals surface area (Å²) in [5.41, 5.74) is 1.31. The van der Waals surface area contributed by atoms with Crippen LogP contribution in [-0.2, 0) is 38.2 Å². The first-order valence-corrected chi connectivity index (χ1v) is 15.9. The Hall–Kier alpha value is -4.05. The molecule has 2 aromatic heterocycles. The maximum Gasteiger partial charge on any atom is 0.331 e. The smallest absolute Gasteiger partial charge is 0.331 e. The van der Waals surface area contributed by atoms with Gasteiger partial charge in [-0.05, 0) is 42.4 Å². The van der Waals surface area contributed by atoms with Gasteiger partial charge in [0.25, 0.3) is 5.56 Å². The van der Waals surface area contributed by atoms with Crippen LogP contribution in [0.25, 0.3) is 10.8 Å². The summed E-state index contributed by atoms with van der Waals surface area (Å²) < 4.78 is 32.1. The molecular formula is C31H35N4O7P. The highest BCUT2D eigenvalue weighted by atomic mass is 31.2. The van der Waals surface area contributed by atoms with Gasteiger partial charge in [0, 0.05) is 18.5 Å². The number of aliphatic carboxylic acids is 1. The fourth-order valence-electron chi connectivity index (χ4n) is 5.16. The lowest BCUT2D eigenvalue weighted by molar-refractivity contribution is -0.138. The number of methoxy groups -OCH3 is 1. The van der Waals surface area contributed by atoms with Crippen molar-refractivity contribution in [2.45, 2.75) is 39.0 Å². The lowest BCUT2D eigenvalue weighted by Gasteiger charge is -2.33. The Labute approximate surface area is 249 Å². The number of fused-ring (bicyclic) bond motifs is 1. The Morgan fingerprint density at radius 1 is 1.00 bits per heavy atom. The lowest BCUT2D eigenvalue weighted by atomic mass is 9.94. The van der Waals surface area contributed by atoms with E-state index in [9.17, 15) is 14.2 Å². The van der Waals surface area contributed by atoms with E-state index in [-0.39, 0.29) is 24.5 Å². The molecule has 1 fully saturated rings. The summed E-state index contributed by atoms with van der Waals surface area (Å²) in [7, 11) is -1.94. The van der Waals surface area contributed by atoms with Crippen LogP contribution in [-0.4, -0.2) is 52.2 Å². The van der Waals surface area contributed by atoms with E-state index in [1.165, 1.54) is 13.3 Å². The van der Waals surface area contributed by atoms with Gasteiger partial charge in [0.2, 0.25) is 5.88 Å². The second-order valence-electron chi connectivity index (χ2n) is 10.5. The predicted molar refractivity (Wildman–Crippen MR) is 162 cm³/mol. The van der Waals surface area contributed by atoms with Crippen LogP contribution < -0.4 is 15.2 Å². The molecule has 0 bridgehead atoms. The fourth-order valence-corrected chi connectivity index (χ4v) is 6.87. The van der Waals surface area contributed by atoms with Crippen LogP contribution in [0.5, 0.6) is 5.88 Å². The topological polar surface area (TPSA) is 133 Å². The minimum Gasteiger partial charge on any atom is -0.480 e. The minimum absolute atomic E-state index is 0.133. The zero-order valence-corrected chi connectivity index (χ0v) is 24.9. The molecule has 43 heavy (non-hydrogen) atoms. The van der Waals surface area contributed by atoms with Crippen LogP contribution in [0.15, 0.2) is 77.7 Å². The summed E-state index contributed by atoms with van der Waals surface area (Å²) in [6.45, 7) is 1.33. The van der Waals surface area contributed by atoms with Gasteiger partial charge in [-0.1, -0.05) is 60.7 Å². The van der Waals surface area contributed by atoms with Crippen molar-refractivity contribution in [2.75, 3.05) is 31.3 Å². The standard InChI is InChI=1S/C31H35N4O7P/c1-40-30-29-26(19-32-35(31(29)38)20-28(36)37)18-27(33-30)34-15-12-23(13-16-34)14-17-43(39,41-21-24-8-4-2-5-9-24)42-22-25-10-6-3-7-11-25/h2-11,18-19,23H,12-17,20-22H2,1H3,(H,36,37). The van der Waals surface area contributed by atoms with E-state index in [4.69, 9.17) is 18.9 Å². The minimum atomic E-state index is -3.36. The van der Waals surface area contributed by atoms with Gasteiger partial charge in [0.1, 0.15) is 17.7 Å². The summed E-state index contributed by atoms with van der Waals surface area (Å²) in [6, 6.07) is 21.1. The predicted octanol–water partition coefficient (Wildman–Crippen LogP) is 5.12. The molecular weight excluding hydrogens is 571 g/mol. The second kappa shape index (κ2) is 13.9. The molecule has 0 unspecified atom stereocenters. The SMILES string of the molecule is COc1nc(N2CCC(CCP(=O)(OCc3ccccc3)OCc3ccccc3)CC2)cc2cnn(CC(=O)O)c(=O)c12. The Morgan fingerprint density at radius 2 is 1.60 bits per heavy atom. The Kier molecular flexibility index (Phi) is 9.86. The first-order chi connectivity index (χ1) is 20.8.